The van der Waals surface area contributed by atoms with Crippen LogP contribution >= 0.6 is 0 Å². The van der Waals surface area contributed by atoms with E-state index in [9.17, 15) is 9.59 Å². The number of piperidine rings is 1. The number of amides is 2. The maximum Gasteiger partial charge on any atom is 0.237 e. The molecule has 2 amide bonds. The van der Waals surface area contributed by atoms with Gasteiger partial charge in [0, 0.05) is 19.1 Å². The topological polar surface area (TPSA) is 49.4 Å². The largest absolute Gasteiger partial charge is 0.352 e. The van der Waals surface area contributed by atoms with Crippen LogP contribution in [0.4, 0.5) is 0 Å². The lowest BCUT2D eigenvalue weighted by Gasteiger charge is -2.36. The molecule has 2 fully saturated rings. The van der Waals surface area contributed by atoms with E-state index in [4.69, 9.17) is 0 Å². The van der Waals surface area contributed by atoms with Crippen LogP contribution in [0.5, 0.6) is 0 Å². The lowest BCUT2D eigenvalue weighted by atomic mass is 9.86. The van der Waals surface area contributed by atoms with Gasteiger partial charge in [-0.15, -0.1) is 0 Å². The maximum atomic E-state index is 13.0. The molecule has 0 aromatic heterocycles. The molecule has 1 aliphatic carbocycles. The van der Waals surface area contributed by atoms with Gasteiger partial charge in [0.25, 0.3) is 0 Å². The molecule has 4 nitrogen and oxygen atoms in total. The SMILES string of the molecule is CC(C)(C(=O)NC1CCCC1)C(=O)N1CCC(Cc2ccccc2)CC1. The van der Waals surface area contributed by atoms with Gasteiger partial charge in [0.1, 0.15) is 5.41 Å². The zero-order valence-corrected chi connectivity index (χ0v) is 16.2. The lowest BCUT2D eigenvalue weighted by molar-refractivity contribution is -0.149. The fourth-order valence-electron chi connectivity index (χ4n) is 4.22. The normalized spacial score (nSPS) is 19.5. The second kappa shape index (κ2) is 8.24. The Morgan fingerprint density at radius 2 is 1.65 bits per heavy atom. The number of hydrogen-bond acceptors (Lipinski definition) is 2. The van der Waals surface area contributed by atoms with Crippen molar-refractivity contribution in [1.82, 2.24) is 10.2 Å². The molecule has 0 radical (unpaired) electrons. The van der Waals surface area contributed by atoms with E-state index in [1.165, 1.54) is 18.4 Å². The number of nitrogens with one attached hydrogen (secondary N) is 1. The highest BCUT2D eigenvalue weighted by Crippen LogP contribution is 2.27. The molecule has 0 atom stereocenters. The van der Waals surface area contributed by atoms with E-state index in [-0.39, 0.29) is 17.9 Å². The average molecular weight is 357 g/mol. The number of rotatable bonds is 5. The van der Waals surface area contributed by atoms with Gasteiger partial charge in [0.05, 0.1) is 0 Å². The molecular weight excluding hydrogens is 324 g/mol. The Morgan fingerprint density at radius 1 is 1.04 bits per heavy atom. The van der Waals surface area contributed by atoms with E-state index in [1.807, 2.05) is 11.0 Å². The third kappa shape index (κ3) is 4.46. The number of carbonyl (C=O) groups is 2. The zero-order chi connectivity index (χ0) is 18.6. The first-order chi connectivity index (χ1) is 12.5. The standard InChI is InChI=1S/C22H32N2O2/c1-22(2,20(25)23-19-10-6-7-11-19)21(26)24-14-12-18(13-15-24)16-17-8-4-3-5-9-17/h3-5,8-9,18-19H,6-7,10-16H2,1-2H3,(H,23,25). The number of hydrogen-bond donors (Lipinski definition) is 1. The fraction of sp³-hybridized carbons (Fsp3) is 0.636. The van der Waals surface area contributed by atoms with Crippen molar-refractivity contribution in [2.24, 2.45) is 11.3 Å². The Bertz CT molecular complexity index is 612. The number of nitrogens with zero attached hydrogens (tertiary/aromatic N) is 1. The Balaban J connectivity index is 1.51. The zero-order valence-electron chi connectivity index (χ0n) is 16.2. The molecule has 0 spiro atoms. The van der Waals surface area contributed by atoms with Crippen molar-refractivity contribution in [2.45, 2.75) is 64.8 Å². The first kappa shape index (κ1) is 18.9. The van der Waals surface area contributed by atoms with Crippen molar-refractivity contribution in [1.29, 1.82) is 0 Å². The quantitative estimate of drug-likeness (QED) is 0.820. The predicted octanol–water partition coefficient (Wildman–Crippen LogP) is 3.55. The number of benzene rings is 1. The average Bonchev–Trinajstić information content (AvgIpc) is 3.15. The van der Waals surface area contributed by atoms with Crippen LogP contribution in [0, 0.1) is 11.3 Å². The van der Waals surface area contributed by atoms with Gasteiger partial charge < -0.3 is 10.2 Å². The molecule has 3 rings (SSSR count). The van der Waals surface area contributed by atoms with Crippen LogP contribution in [0.25, 0.3) is 0 Å². The van der Waals surface area contributed by atoms with Crippen LogP contribution in [0.2, 0.25) is 0 Å². The Labute approximate surface area is 157 Å². The van der Waals surface area contributed by atoms with E-state index in [0.717, 1.165) is 45.2 Å². The van der Waals surface area contributed by atoms with E-state index < -0.39 is 5.41 Å². The van der Waals surface area contributed by atoms with E-state index >= 15 is 0 Å². The molecule has 0 unspecified atom stereocenters. The van der Waals surface area contributed by atoms with Crippen LogP contribution in [0.3, 0.4) is 0 Å². The molecule has 1 saturated carbocycles. The summed E-state index contributed by atoms with van der Waals surface area (Å²) < 4.78 is 0. The van der Waals surface area contributed by atoms with Crippen molar-refractivity contribution < 1.29 is 9.59 Å². The van der Waals surface area contributed by atoms with Crippen molar-refractivity contribution in [3.05, 3.63) is 35.9 Å². The second-order valence-electron chi connectivity index (χ2n) is 8.51. The predicted molar refractivity (Wildman–Crippen MR) is 104 cm³/mol. The maximum absolute atomic E-state index is 13.0. The first-order valence-corrected chi connectivity index (χ1v) is 10.1. The van der Waals surface area contributed by atoms with Crippen LogP contribution in [0.1, 0.15) is 57.9 Å². The summed E-state index contributed by atoms with van der Waals surface area (Å²) >= 11 is 0. The fourth-order valence-corrected chi connectivity index (χ4v) is 4.22. The van der Waals surface area contributed by atoms with Crippen molar-refractivity contribution in [3.8, 4) is 0 Å². The van der Waals surface area contributed by atoms with Gasteiger partial charge in [-0.1, -0.05) is 43.2 Å². The highest BCUT2D eigenvalue weighted by molar-refractivity contribution is 6.04. The Hall–Kier alpha value is -1.84. The molecule has 4 heteroatoms. The van der Waals surface area contributed by atoms with Gasteiger partial charge in [0.2, 0.25) is 11.8 Å². The molecule has 1 aromatic carbocycles. The van der Waals surface area contributed by atoms with Crippen LogP contribution in [-0.2, 0) is 16.0 Å². The highest BCUT2D eigenvalue weighted by atomic mass is 16.2. The molecule has 142 valence electrons. The minimum atomic E-state index is -0.977. The summed E-state index contributed by atoms with van der Waals surface area (Å²) in [5.41, 5.74) is 0.392. The monoisotopic (exact) mass is 356 g/mol. The summed E-state index contributed by atoms with van der Waals surface area (Å²) in [6.45, 7) is 5.07. The molecule has 1 aliphatic heterocycles. The van der Waals surface area contributed by atoms with Crippen molar-refractivity contribution in [3.63, 3.8) is 0 Å². The van der Waals surface area contributed by atoms with Gasteiger partial charge in [-0.25, -0.2) is 0 Å². The minimum absolute atomic E-state index is 0.0221. The summed E-state index contributed by atoms with van der Waals surface area (Å²) in [7, 11) is 0. The highest BCUT2D eigenvalue weighted by Gasteiger charge is 2.41. The summed E-state index contributed by atoms with van der Waals surface area (Å²) in [5.74, 6) is 0.490. The molecular formula is C22H32N2O2. The van der Waals surface area contributed by atoms with Crippen LogP contribution < -0.4 is 5.32 Å². The summed E-state index contributed by atoms with van der Waals surface area (Å²) in [6.07, 6.45) is 7.54. The van der Waals surface area contributed by atoms with Crippen LogP contribution in [-0.4, -0.2) is 35.8 Å². The van der Waals surface area contributed by atoms with E-state index in [0.29, 0.717) is 5.92 Å². The smallest absolute Gasteiger partial charge is 0.237 e. The van der Waals surface area contributed by atoms with E-state index in [2.05, 4.69) is 29.6 Å². The number of likely N-dealkylation sites (tertiary alicyclic amines) is 1. The van der Waals surface area contributed by atoms with Gasteiger partial charge in [-0.3, -0.25) is 9.59 Å². The van der Waals surface area contributed by atoms with Crippen LogP contribution in [0.15, 0.2) is 30.3 Å². The van der Waals surface area contributed by atoms with Gasteiger partial charge in [-0.2, -0.15) is 0 Å². The van der Waals surface area contributed by atoms with Crippen molar-refractivity contribution >= 4 is 11.8 Å². The molecule has 2 aliphatic rings. The first-order valence-electron chi connectivity index (χ1n) is 10.1. The number of carbonyl (C=O) groups excluding carboxylic acids is 2. The Morgan fingerprint density at radius 3 is 2.27 bits per heavy atom. The lowest BCUT2D eigenvalue weighted by Crippen LogP contribution is -2.53. The Kier molecular flexibility index (Phi) is 6.00. The molecule has 1 aromatic rings. The summed E-state index contributed by atoms with van der Waals surface area (Å²) in [5, 5.41) is 3.09. The molecule has 1 N–H and O–H groups in total. The third-order valence-electron chi connectivity index (χ3n) is 6.06. The van der Waals surface area contributed by atoms with Gasteiger partial charge >= 0.3 is 0 Å². The van der Waals surface area contributed by atoms with Gasteiger partial charge in [-0.05, 0) is 57.4 Å². The van der Waals surface area contributed by atoms with Crippen molar-refractivity contribution in [2.75, 3.05) is 13.1 Å². The second-order valence-corrected chi connectivity index (χ2v) is 8.51. The van der Waals surface area contributed by atoms with Gasteiger partial charge in [0.15, 0.2) is 0 Å². The summed E-state index contributed by atoms with van der Waals surface area (Å²) in [6, 6.07) is 10.8. The molecule has 1 saturated heterocycles. The molecule has 26 heavy (non-hydrogen) atoms. The van der Waals surface area contributed by atoms with E-state index in [1.54, 1.807) is 13.8 Å². The minimum Gasteiger partial charge on any atom is -0.352 e. The molecule has 1 heterocycles. The molecule has 0 bridgehead atoms. The third-order valence-corrected chi connectivity index (χ3v) is 6.06. The summed E-state index contributed by atoms with van der Waals surface area (Å²) in [4.78, 5) is 27.5.